The molecule has 0 spiro atoms. The van der Waals surface area contributed by atoms with Crippen LogP contribution < -0.4 is 20.3 Å². The number of rotatable bonds is 9. The third-order valence-corrected chi connectivity index (χ3v) is 8.47. The average molecular weight is 569 g/mol. The Kier molecular flexibility index (Phi) is 11.8. The standard InChI is InChI=1S/C32H48N4O3S/c1-7-29(31(38)33-16-15-32(2,3)4)34-22-27-19-24-14-10-13-23(17-24)11-8-9-12-25-18-26(30(37)35-27)21-28(20-25)36(5)40(6)39/h10,13-14,17-18,20-21,27,29,34H,7-9,11-12,15-16,19,22H2,1-6H3,(H,33,38)(H,35,37)/t27-,29-,40?/m0/s1. The molecule has 0 aromatic heterocycles. The molecule has 3 N–H and O–H groups in total. The second-order valence-corrected chi connectivity index (χ2v) is 13.6. The summed E-state index contributed by atoms with van der Waals surface area (Å²) in [5.41, 5.74) is 5.03. The van der Waals surface area contributed by atoms with E-state index in [0.717, 1.165) is 43.4 Å². The van der Waals surface area contributed by atoms with Gasteiger partial charge in [-0.3, -0.25) is 13.9 Å². The van der Waals surface area contributed by atoms with Gasteiger partial charge in [0.2, 0.25) is 5.91 Å². The second-order valence-electron chi connectivity index (χ2n) is 12.2. The lowest BCUT2D eigenvalue weighted by Gasteiger charge is -2.25. The van der Waals surface area contributed by atoms with Crippen molar-refractivity contribution in [2.24, 2.45) is 5.41 Å². The van der Waals surface area contributed by atoms with E-state index in [1.165, 1.54) is 11.1 Å². The van der Waals surface area contributed by atoms with E-state index in [2.05, 4.69) is 61.0 Å². The van der Waals surface area contributed by atoms with Crippen molar-refractivity contribution < 1.29 is 13.8 Å². The van der Waals surface area contributed by atoms with Gasteiger partial charge in [-0.05, 0) is 85.3 Å². The maximum atomic E-state index is 13.6. The first-order valence-corrected chi connectivity index (χ1v) is 16.1. The molecule has 2 amide bonds. The Bertz CT molecular complexity index is 1180. The van der Waals surface area contributed by atoms with Gasteiger partial charge in [0.05, 0.1) is 6.04 Å². The third kappa shape index (κ3) is 10.0. The van der Waals surface area contributed by atoms with Gasteiger partial charge in [-0.15, -0.1) is 0 Å². The number of hydrogen-bond donors (Lipinski definition) is 3. The first-order chi connectivity index (χ1) is 18.9. The molecule has 4 bridgehead atoms. The molecule has 1 aliphatic heterocycles. The molecule has 2 aromatic rings. The summed E-state index contributed by atoms with van der Waals surface area (Å²) in [6, 6.07) is 13.9. The van der Waals surface area contributed by atoms with Crippen LogP contribution in [0.5, 0.6) is 0 Å². The monoisotopic (exact) mass is 568 g/mol. The number of amides is 2. The lowest BCUT2D eigenvalue weighted by Crippen LogP contribution is -2.50. The van der Waals surface area contributed by atoms with Crippen molar-refractivity contribution in [3.05, 3.63) is 64.7 Å². The molecule has 1 aliphatic rings. The number of anilines is 1. The van der Waals surface area contributed by atoms with E-state index >= 15 is 0 Å². The fourth-order valence-electron chi connectivity index (χ4n) is 4.97. The predicted octanol–water partition coefficient (Wildman–Crippen LogP) is 4.56. The summed E-state index contributed by atoms with van der Waals surface area (Å²) in [5.74, 6) is -0.171. The quantitative estimate of drug-likeness (QED) is 0.414. The van der Waals surface area contributed by atoms with Gasteiger partial charge < -0.3 is 16.0 Å². The number of aryl methyl sites for hydroxylation is 2. The molecule has 3 rings (SSSR count). The zero-order valence-electron chi connectivity index (χ0n) is 25.1. The van der Waals surface area contributed by atoms with Crippen LogP contribution >= 0.6 is 0 Å². The molecule has 0 aliphatic carbocycles. The van der Waals surface area contributed by atoms with E-state index in [4.69, 9.17) is 0 Å². The number of carbonyl (C=O) groups is 2. The highest BCUT2D eigenvalue weighted by molar-refractivity contribution is 7.85. The van der Waals surface area contributed by atoms with E-state index in [0.29, 0.717) is 31.5 Å². The molecule has 0 fully saturated rings. The lowest BCUT2D eigenvalue weighted by molar-refractivity contribution is -0.123. The van der Waals surface area contributed by atoms with Gasteiger partial charge in [0.15, 0.2) is 0 Å². The minimum atomic E-state index is -1.20. The Hall–Kier alpha value is -2.71. The highest BCUT2D eigenvalue weighted by Gasteiger charge is 2.22. The number of hydrogen-bond acceptors (Lipinski definition) is 4. The Morgan fingerprint density at radius 3 is 2.48 bits per heavy atom. The molecule has 0 saturated carbocycles. The second kappa shape index (κ2) is 14.8. The van der Waals surface area contributed by atoms with Crippen LogP contribution in [0.25, 0.3) is 0 Å². The smallest absolute Gasteiger partial charge is 0.251 e. The zero-order chi connectivity index (χ0) is 29.3. The van der Waals surface area contributed by atoms with Gasteiger partial charge in [-0.2, -0.15) is 0 Å². The maximum absolute atomic E-state index is 13.6. The molecule has 8 heteroatoms. The number of nitrogens with one attached hydrogen (secondary N) is 3. The van der Waals surface area contributed by atoms with Crippen LogP contribution in [0.1, 0.15) is 80.4 Å². The van der Waals surface area contributed by atoms with E-state index in [1.54, 1.807) is 17.6 Å². The summed E-state index contributed by atoms with van der Waals surface area (Å²) < 4.78 is 13.9. The molecule has 7 nitrogen and oxygen atoms in total. The fraction of sp³-hybridized carbons (Fsp3) is 0.562. The molecule has 0 saturated heterocycles. The summed E-state index contributed by atoms with van der Waals surface area (Å²) in [7, 11) is 0.587. The van der Waals surface area contributed by atoms with E-state index in [9.17, 15) is 13.8 Å². The van der Waals surface area contributed by atoms with Gasteiger partial charge in [-0.1, -0.05) is 52.0 Å². The van der Waals surface area contributed by atoms with Crippen molar-refractivity contribution in [2.75, 3.05) is 30.7 Å². The van der Waals surface area contributed by atoms with Crippen LogP contribution in [0.2, 0.25) is 0 Å². The van der Waals surface area contributed by atoms with Crippen molar-refractivity contribution >= 4 is 28.5 Å². The SMILES string of the molecule is CC[C@H](NC[C@@H]1Cc2cccc(c2)CCCCc2cc(cc(N(C)S(C)=O)c2)C(=O)N1)C(=O)NCCC(C)(C)C. The molecule has 40 heavy (non-hydrogen) atoms. The first-order valence-electron chi connectivity index (χ1n) is 14.6. The van der Waals surface area contributed by atoms with E-state index in [-0.39, 0.29) is 29.3 Å². The highest BCUT2D eigenvalue weighted by Crippen LogP contribution is 2.22. The van der Waals surface area contributed by atoms with Gasteiger partial charge in [0.1, 0.15) is 11.0 Å². The first kappa shape index (κ1) is 31.8. The van der Waals surface area contributed by atoms with Gasteiger partial charge in [0.25, 0.3) is 5.91 Å². The van der Waals surface area contributed by atoms with Crippen molar-refractivity contribution in [1.82, 2.24) is 16.0 Å². The number of benzene rings is 2. The summed E-state index contributed by atoms with van der Waals surface area (Å²) >= 11 is 0. The average Bonchev–Trinajstić information content (AvgIpc) is 2.89. The topological polar surface area (TPSA) is 90.5 Å². The fourth-order valence-corrected chi connectivity index (χ4v) is 5.37. The molecule has 3 atom stereocenters. The number of fused-ring (bicyclic) bond motifs is 4. The molecule has 2 aromatic carbocycles. The van der Waals surface area contributed by atoms with Crippen LogP contribution in [0.3, 0.4) is 0 Å². The minimum Gasteiger partial charge on any atom is -0.355 e. The normalized spacial score (nSPS) is 17.8. The molecule has 1 heterocycles. The summed E-state index contributed by atoms with van der Waals surface area (Å²) in [6.07, 6.45) is 7.77. The van der Waals surface area contributed by atoms with E-state index in [1.807, 2.05) is 25.1 Å². The van der Waals surface area contributed by atoms with Crippen LogP contribution in [0.15, 0.2) is 42.5 Å². The summed E-state index contributed by atoms with van der Waals surface area (Å²) in [4.78, 5) is 26.5. The molecule has 220 valence electrons. The maximum Gasteiger partial charge on any atom is 0.251 e. The van der Waals surface area contributed by atoms with Crippen molar-refractivity contribution in [3.63, 3.8) is 0 Å². The summed E-state index contributed by atoms with van der Waals surface area (Å²) in [6.45, 7) is 9.60. The van der Waals surface area contributed by atoms with Gasteiger partial charge in [0, 0.05) is 43.7 Å². The van der Waals surface area contributed by atoms with Crippen molar-refractivity contribution in [3.8, 4) is 0 Å². The predicted molar refractivity (Wildman–Crippen MR) is 166 cm³/mol. The third-order valence-electron chi connectivity index (χ3n) is 7.49. The minimum absolute atomic E-state index is 0.00564. The van der Waals surface area contributed by atoms with Gasteiger partial charge >= 0.3 is 0 Å². The Balaban J connectivity index is 1.82. The van der Waals surface area contributed by atoms with Crippen molar-refractivity contribution in [1.29, 1.82) is 0 Å². The van der Waals surface area contributed by atoms with Gasteiger partial charge in [-0.25, -0.2) is 4.21 Å². The highest BCUT2D eigenvalue weighted by atomic mass is 32.2. The van der Waals surface area contributed by atoms with Crippen LogP contribution in [-0.4, -0.2) is 54.5 Å². The van der Waals surface area contributed by atoms with Crippen LogP contribution in [0, 0.1) is 5.41 Å². The van der Waals surface area contributed by atoms with Crippen molar-refractivity contribution in [2.45, 2.75) is 84.7 Å². The largest absolute Gasteiger partial charge is 0.355 e. The summed E-state index contributed by atoms with van der Waals surface area (Å²) in [5, 5.41) is 9.74. The van der Waals surface area contributed by atoms with E-state index < -0.39 is 11.0 Å². The molecular formula is C32H48N4O3S. The number of nitrogens with zero attached hydrogens (tertiary/aromatic N) is 1. The zero-order valence-corrected chi connectivity index (χ0v) is 26.0. The van der Waals surface area contributed by atoms with Crippen LogP contribution in [0.4, 0.5) is 5.69 Å². The number of carbonyl (C=O) groups excluding carboxylic acids is 2. The Morgan fingerprint density at radius 1 is 1.10 bits per heavy atom. The lowest BCUT2D eigenvalue weighted by atomic mass is 9.92. The Labute approximate surface area is 243 Å². The molecule has 1 unspecified atom stereocenters. The van der Waals surface area contributed by atoms with Crippen LogP contribution in [-0.2, 0) is 35.0 Å². The molecule has 0 radical (unpaired) electrons. The molecular weight excluding hydrogens is 520 g/mol. The Morgan fingerprint density at radius 2 is 1.80 bits per heavy atom.